The molecule has 100 valence electrons. The SMILES string of the molecule is Cc1ccc2c(c1)N1C(=NC3CCCCCC31)N2C. The lowest BCUT2D eigenvalue weighted by atomic mass is 10.0. The first-order chi connectivity index (χ1) is 9.25. The van der Waals surface area contributed by atoms with Gasteiger partial charge in [0.15, 0.2) is 0 Å². The number of benzene rings is 1. The molecule has 2 atom stereocenters. The highest BCUT2D eigenvalue weighted by Gasteiger charge is 2.44. The second kappa shape index (κ2) is 3.99. The minimum atomic E-state index is 0.522. The average Bonchev–Trinajstić information content (AvgIpc) is 2.77. The van der Waals surface area contributed by atoms with Crippen LogP contribution >= 0.6 is 0 Å². The number of nitrogens with zero attached hydrogens (tertiary/aromatic N) is 3. The quantitative estimate of drug-likeness (QED) is 0.708. The van der Waals surface area contributed by atoms with Gasteiger partial charge in [0.2, 0.25) is 5.96 Å². The summed E-state index contributed by atoms with van der Waals surface area (Å²) in [4.78, 5) is 9.81. The normalized spacial score (nSPS) is 28.6. The number of guanidine groups is 1. The molecule has 1 fully saturated rings. The molecule has 19 heavy (non-hydrogen) atoms. The molecule has 1 aromatic carbocycles. The van der Waals surface area contributed by atoms with E-state index in [4.69, 9.17) is 4.99 Å². The van der Waals surface area contributed by atoms with Crippen molar-refractivity contribution < 1.29 is 0 Å². The van der Waals surface area contributed by atoms with Crippen LogP contribution in [0.3, 0.4) is 0 Å². The molecule has 3 aliphatic rings. The van der Waals surface area contributed by atoms with Crippen molar-refractivity contribution in [2.75, 3.05) is 16.8 Å². The second-order valence-electron chi connectivity index (χ2n) is 6.12. The monoisotopic (exact) mass is 255 g/mol. The minimum absolute atomic E-state index is 0.522. The third kappa shape index (κ3) is 1.54. The Balaban J connectivity index is 1.81. The van der Waals surface area contributed by atoms with Crippen LogP contribution in [0.4, 0.5) is 11.4 Å². The predicted octanol–water partition coefficient (Wildman–Crippen LogP) is 3.32. The van der Waals surface area contributed by atoms with Crippen molar-refractivity contribution in [2.24, 2.45) is 4.99 Å². The third-order valence-electron chi connectivity index (χ3n) is 4.82. The first-order valence-corrected chi connectivity index (χ1v) is 7.47. The van der Waals surface area contributed by atoms with Crippen molar-refractivity contribution in [3.05, 3.63) is 23.8 Å². The molecular weight excluding hydrogens is 234 g/mol. The van der Waals surface area contributed by atoms with Gasteiger partial charge in [0.05, 0.1) is 23.5 Å². The van der Waals surface area contributed by atoms with Gasteiger partial charge in [0, 0.05) is 7.05 Å². The Kier molecular flexibility index (Phi) is 2.38. The molecule has 3 nitrogen and oxygen atoms in total. The van der Waals surface area contributed by atoms with Crippen molar-refractivity contribution in [1.82, 2.24) is 0 Å². The summed E-state index contributed by atoms with van der Waals surface area (Å²) in [6.07, 6.45) is 6.63. The van der Waals surface area contributed by atoms with E-state index in [-0.39, 0.29) is 0 Å². The Morgan fingerprint density at radius 3 is 2.84 bits per heavy atom. The summed E-state index contributed by atoms with van der Waals surface area (Å²) in [5, 5.41) is 0. The largest absolute Gasteiger partial charge is 0.313 e. The molecule has 2 unspecified atom stereocenters. The van der Waals surface area contributed by atoms with E-state index < -0.39 is 0 Å². The second-order valence-corrected chi connectivity index (χ2v) is 6.12. The summed E-state index contributed by atoms with van der Waals surface area (Å²) in [7, 11) is 2.15. The van der Waals surface area contributed by atoms with Crippen molar-refractivity contribution in [2.45, 2.75) is 51.1 Å². The Morgan fingerprint density at radius 2 is 1.95 bits per heavy atom. The Labute approximate surface area is 114 Å². The number of anilines is 2. The van der Waals surface area contributed by atoms with Crippen LogP contribution in [0.15, 0.2) is 23.2 Å². The molecule has 3 heteroatoms. The number of hydrogen-bond acceptors (Lipinski definition) is 3. The molecule has 1 aromatic rings. The molecule has 1 saturated carbocycles. The fourth-order valence-electron chi connectivity index (χ4n) is 3.83. The van der Waals surface area contributed by atoms with E-state index in [1.807, 2.05) is 0 Å². The van der Waals surface area contributed by atoms with Crippen molar-refractivity contribution in [3.63, 3.8) is 0 Å². The zero-order valence-corrected chi connectivity index (χ0v) is 11.8. The predicted molar refractivity (Wildman–Crippen MR) is 80.2 cm³/mol. The molecule has 0 N–H and O–H groups in total. The molecule has 0 spiro atoms. The molecule has 0 radical (unpaired) electrons. The van der Waals surface area contributed by atoms with Crippen LogP contribution in [0, 0.1) is 6.92 Å². The maximum atomic E-state index is 5.03. The first-order valence-electron chi connectivity index (χ1n) is 7.47. The fraction of sp³-hybridized carbons (Fsp3) is 0.562. The van der Waals surface area contributed by atoms with Gasteiger partial charge < -0.3 is 9.80 Å². The van der Waals surface area contributed by atoms with Crippen LogP contribution in [0.25, 0.3) is 0 Å². The summed E-state index contributed by atoms with van der Waals surface area (Å²) < 4.78 is 0. The average molecular weight is 255 g/mol. The Bertz CT molecular complexity index is 549. The zero-order valence-electron chi connectivity index (χ0n) is 11.8. The highest BCUT2D eigenvalue weighted by Crippen LogP contribution is 2.44. The summed E-state index contributed by atoms with van der Waals surface area (Å²) in [6.45, 7) is 2.18. The van der Waals surface area contributed by atoms with Crippen molar-refractivity contribution in [3.8, 4) is 0 Å². The van der Waals surface area contributed by atoms with E-state index in [0.717, 1.165) is 0 Å². The van der Waals surface area contributed by atoms with Crippen LogP contribution in [0.1, 0.15) is 37.7 Å². The van der Waals surface area contributed by atoms with Crippen LogP contribution in [-0.2, 0) is 0 Å². The number of fused-ring (bicyclic) bond motifs is 5. The van der Waals surface area contributed by atoms with E-state index in [0.29, 0.717) is 12.1 Å². The molecule has 0 saturated heterocycles. The number of aliphatic imine (C=N–C) groups is 1. The molecular formula is C16H21N3. The molecule has 0 amide bonds. The van der Waals surface area contributed by atoms with E-state index in [9.17, 15) is 0 Å². The molecule has 2 aliphatic heterocycles. The van der Waals surface area contributed by atoms with E-state index in [1.165, 1.54) is 55.0 Å². The van der Waals surface area contributed by atoms with E-state index in [1.54, 1.807) is 0 Å². The number of hydrogen-bond donors (Lipinski definition) is 0. The summed E-state index contributed by atoms with van der Waals surface area (Å²) >= 11 is 0. The van der Waals surface area contributed by atoms with Gasteiger partial charge in [-0.15, -0.1) is 0 Å². The van der Waals surface area contributed by atoms with Crippen LogP contribution in [0.5, 0.6) is 0 Å². The number of aryl methyl sites for hydroxylation is 1. The summed E-state index contributed by atoms with van der Waals surface area (Å²) in [6, 6.07) is 7.87. The number of rotatable bonds is 0. The van der Waals surface area contributed by atoms with Crippen LogP contribution in [0.2, 0.25) is 0 Å². The molecule has 2 heterocycles. The molecule has 0 bridgehead atoms. The molecule has 4 rings (SSSR count). The standard InChI is InChI=1S/C16H21N3/c1-11-8-9-14-15(10-11)19-13-7-5-3-4-6-12(13)17-16(19)18(14)2/h8-10,12-13H,3-7H2,1-2H3. The Morgan fingerprint density at radius 1 is 1.11 bits per heavy atom. The topological polar surface area (TPSA) is 18.8 Å². The third-order valence-corrected chi connectivity index (χ3v) is 4.82. The smallest absolute Gasteiger partial charge is 0.206 e. The maximum Gasteiger partial charge on any atom is 0.206 e. The van der Waals surface area contributed by atoms with Gasteiger partial charge >= 0.3 is 0 Å². The van der Waals surface area contributed by atoms with Gasteiger partial charge in [-0.1, -0.05) is 25.3 Å². The maximum absolute atomic E-state index is 5.03. The van der Waals surface area contributed by atoms with Gasteiger partial charge in [-0.3, -0.25) is 0 Å². The van der Waals surface area contributed by atoms with Crippen molar-refractivity contribution in [1.29, 1.82) is 0 Å². The van der Waals surface area contributed by atoms with Crippen LogP contribution < -0.4 is 9.80 Å². The summed E-state index contributed by atoms with van der Waals surface area (Å²) in [5.74, 6) is 1.18. The molecule has 0 aromatic heterocycles. The zero-order chi connectivity index (χ0) is 13.0. The van der Waals surface area contributed by atoms with Crippen LogP contribution in [-0.4, -0.2) is 25.1 Å². The Hall–Kier alpha value is -1.51. The minimum Gasteiger partial charge on any atom is -0.313 e. The van der Waals surface area contributed by atoms with Gasteiger partial charge in [0.25, 0.3) is 0 Å². The first kappa shape index (κ1) is 11.3. The molecule has 1 aliphatic carbocycles. The van der Waals surface area contributed by atoms with Gasteiger partial charge in [-0.25, -0.2) is 4.99 Å². The lowest BCUT2D eigenvalue weighted by Gasteiger charge is -2.25. The van der Waals surface area contributed by atoms with Crippen molar-refractivity contribution >= 4 is 17.3 Å². The lowest BCUT2D eigenvalue weighted by molar-refractivity contribution is 0.530. The highest BCUT2D eigenvalue weighted by atomic mass is 15.5. The summed E-state index contributed by atoms with van der Waals surface area (Å²) in [5.41, 5.74) is 4.02. The lowest BCUT2D eigenvalue weighted by Crippen LogP contribution is -2.40. The highest BCUT2D eigenvalue weighted by molar-refractivity contribution is 6.17. The van der Waals surface area contributed by atoms with Gasteiger partial charge in [0.1, 0.15) is 0 Å². The van der Waals surface area contributed by atoms with Gasteiger partial charge in [-0.2, -0.15) is 0 Å². The fourth-order valence-corrected chi connectivity index (χ4v) is 3.83. The van der Waals surface area contributed by atoms with Gasteiger partial charge in [-0.05, 0) is 37.5 Å². The van der Waals surface area contributed by atoms with E-state index >= 15 is 0 Å². The van der Waals surface area contributed by atoms with E-state index in [2.05, 4.69) is 42.0 Å².